The van der Waals surface area contributed by atoms with E-state index in [4.69, 9.17) is 5.73 Å². The predicted molar refractivity (Wildman–Crippen MR) is 50.7 cm³/mol. The maximum Gasteiger partial charge on any atom is 0.287 e. The molecule has 1 heterocycles. The van der Waals surface area contributed by atoms with Crippen LogP contribution in [0.25, 0.3) is 0 Å². The monoisotopic (exact) mass is 199 g/mol. The minimum Gasteiger partial charge on any atom is -0.330 e. The van der Waals surface area contributed by atoms with Crippen LogP contribution < -0.4 is 5.73 Å². The third-order valence-electron chi connectivity index (χ3n) is 1.30. The van der Waals surface area contributed by atoms with Crippen LogP contribution in [0.4, 0.5) is 5.69 Å². The van der Waals surface area contributed by atoms with Crippen molar-refractivity contribution in [2.45, 2.75) is 5.03 Å². The SMILES string of the molecule is NCCSc1ccc([N+](=O)[O-])cn1. The van der Waals surface area contributed by atoms with Gasteiger partial charge in [-0.1, -0.05) is 0 Å². The molecule has 0 aromatic carbocycles. The Kier molecular flexibility index (Phi) is 3.66. The third kappa shape index (κ3) is 3.00. The van der Waals surface area contributed by atoms with E-state index in [0.717, 1.165) is 10.8 Å². The minimum atomic E-state index is -0.468. The van der Waals surface area contributed by atoms with Gasteiger partial charge in [-0.3, -0.25) is 10.1 Å². The van der Waals surface area contributed by atoms with E-state index in [-0.39, 0.29) is 5.69 Å². The van der Waals surface area contributed by atoms with E-state index >= 15 is 0 Å². The number of pyridine rings is 1. The highest BCUT2D eigenvalue weighted by atomic mass is 32.2. The molecule has 0 unspecified atom stereocenters. The third-order valence-corrected chi connectivity index (χ3v) is 2.28. The molecule has 0 aliphatic carbocycles. The van der Waals surface area contributed by atoms with Crippen LogP contribution in [0, 0.1) is 10.1 Å². The Morgan fingerprint density at radius 3 is 2.85 bits per heavy atom. The molecule has 70 valence electrons. The second-order valence-electron chi connectivity index (χ2n) is 2.25. The Morgan fingerprint density at radius 1 is 1.62 bits per heavy atom. The fourth-order valence-electron chi connectivity index (χ4n) is 0.729. The molecule has 0 spiro atoms. The largest absolute Gasteiger partial charge is 0.330 e. The number of nitrogens with two attached hydrogens (primary N) is 1. The fraction of sp³-hybridized carbons (Fsp3) is 0.286. The molecule has 0 saturated carbocycles. The number of rotatable bonds is 4. The second-order valence-corrected chi connectivity index (χ2v) is 3.36. The van der Waals surface area contributed by atoms with Crippen LogP contribution in [0.2, 0.25) is 0 Å². The number of thioether (sulfide) groups is 1. The number of hydrogen-bond acceptors (Lipinski definition) is 5. The molecule has 1 aromatic rings. The molecular weight excluding hydrogens is 190 g/mol. The lowest BCUT2D eigenvalue weighted by molar-refractivity contribution is -0.385. The van der Waals surface area contributed by atoms with E-state index < -0.39 is 4.92 Å². The zero-order valence-electron chi connectivity index (χ0n) is 6.84. The van der Waals surface area contributed by atoms with Crippen molar-refractivity contribution in [3.8, 4) is 0 Å². The van der Waals surface area contributed by atoms with Crippen LogP contribution in [0.3, 0.4) is 0 Å². The first kappa shape index (κ1) is 9.94. The molecule has 0 saturated heterocycles. The average Bonchev–Trinajstić information content (AvgIpc) is 2.15. The molecule has 0 fully saturated rings. The Hall–Kier alpha value is -1.14. The Labute approximate surface area is 79.5 Å². The highest BCUT2D eigenvalue weighted by Gasteiger charge is 2.04. The first-order valence-electron chi connectivity index (χ1n) is 3.67. The fourth-order valence-corrected chi connectivity index (χ4v) is 1.35. The summed E-state index contributed by atoms with van der Waals surface area (Å²) >= 11 is 1.48. The van der Waals surface area contributed by atoms with Gasteiger partial charge in [-0.15, -0.1) is 11.8 Å². The number of aromatic nitrogens is 1. The molecule has 1 rings (SSSR count). The maximum absolute atomic E-state index is 10.3. The summed E-state index contributed by atoms with van der Waals surface area (Å²) in [6.07, 6.45) is 1.25. The first-order chi connectivity index (χ1) is 6.24. The molecule has 0 aliphatic rings. The zero-order chi connectivity index (χ0) is 9.68. The van der Waals surface area contributed by atoms with Gasteiger partial charge in [0.15, 0.2) is 0 Å². The number of nitro groups is 1. The van der Waals surface area contributed by atoms with Crippen molar-refractivity contribution < 1.29 is 4.92 Å². The summed E-state index contributed by atoms with van der Waals surface area (Å²) < 4.78 is 0. The lowest BCUT2D eigenvalue weighted by atomic mass is 10.4. The summed E-state index contributed by atoms with van der Waals surface area (Å²) in [5.41, 5.74) is 5.31. The van der Waals surface area contributed by atoms with Crippen molar-refractivity contribution in [1.29, 1.82) is 0 Å². The normalized spacial score (nSPS) is 9.92. The van der Waals surface area contributed by atoms with Gasteiger partial charge in [0.2, 0.25) is 0 Å². The van der Waals surface area contributed by atoms with Gasteiger partial charge in [-0.25, -0.2) is 4.98 Å². The van der Waals surface area contributed by atoms with Gasteiger partial charge in [0.05, 0.1) is 9.95 Å². The summed E-state index contributed by atoms with van der Waals surface area (Å²) in [6, 6.07) is 3.06. The topological polar surface area (TPSA) is 82.0 Å². The molecule has 2 N–H and O–H groups in total. The maximum atomic E-state index is 10.3. The summed E-state index contributed by atoms with van der Waals surface area (Å²) in [4.78, 5) is 13.7. The lowest BCUT2D eigenvalue weighted by Crippen LogP contribution is -2.01. The Balaban J connectivity index is 2.64. The highest BCUT2D eigenvalue weighted by Crippen LogP contribution is 2.17. The van der Waals surface area contributed by atoms with Gasteiger partial charge >= 0.3 is 0 Å². The van der Waals surface area contributed by atoms with E-state index in [2.05, 4.69) is 4.98 Å². The number of hydrogen-bond donors (Lipinski definition) is 1. The molecule has 0 aliphatic heterocycles. The van der Waals surface area contributed by atoms with Crippen LogP contribution in [0.1, 0.15) is 0 Å². The van der Waals surface area contributed by atoms with Gasteiger partial charge in [-0.2, -0.15) is 0 Å². The summed E-state index contributed by atoms with van der Waals surface area (Å²) in [5, 5.41) is 11.0. The van der Waals surface area contributed by atoms with Crippen LogP contribution in [0.15, 0.2) is 23.4 Å². The van der Waals surface area contributed by atoms with Crippen LogP contribution in [0.5, 0.6) is 0 Å². The van der Waals surface area contributed by atoms with E-state index in [1.54, 1.807) is 6.07 Å². The number of nitrogens with zero attached hydrogens (tertiary/aromatic N) is 2. The van der Waals surface area contributed by atoms with Crippen molar-refractivity contribution in [3.63, 3.8) is 0 Å². The van der Waals surface area contributed by atoms with Crippen LogP contribution >= 0.6 is 11.8 Å². The van der Waals surface area contributed by atoms with Crippen LogP contribution in [-0.4, -0.2) is 22.2 Å². The van der Waals surface area contributed by atoms with Gasteiger partial charge < -0.3 is 5.73 Å². The molecule has 5 nitrogen and oxygen atoms in total. The van der Waals surface area contributed by atoms with E-state index in [9.17, 15) is 10.1 Å². The average molecular weight is 199 g/mol. The molecule has 0 radical (unpaired) electrons. The quantitative estimate of drug-likeness (QED) is 0.445. The molecule has 0 bridgehead atoms. The standard InChI is InChI=1S/C7H9N3O2S/c8-3-4-13-7-2-1-6(5-9-7)10(11)12/h1-2,5H,3-4,8H2. The van der Waals surface area contributed by atoms with Gasteiger partial charge in [0.25, 0.3) is 5.69 Å². The first-order valence-corrected chi connectivity index (χ1v) is 4.66. The highest BCUT2D eigenvalue weighted by molar-refractivity contribution is 7.99. The lowest BCUT2D eigenvalue weighted by Gasteiger charge is -1.96. The summed E-state index contributed by atoms with van der Waals surface area (Å²) in [7, 11) is 0. The van der Waals surface area contributed by atoms with Crippen molar-refractivity contribution in [2.75, 3.05) is 12.3 Å². The van der Waals surface area contributed by atoms with Crippen molar-refractivity contribution in [2.24, 2.45) is 5.73 Å². The summed E-state index contributed by atoms with van der Waals surface area (Å²) in [5.74, 6) is 0.769. The molecule has 0 amide bonds. The van der Waals surface area contributed by atoms with Gasteiger partial charge in [0, 0.05) is 18.4 Å². The Morgan fingerprint density at radius 2 is 2.38 bits per heavy atom. The van der Waals surface area contributed by atoms with E-state index in [0.29, 0.717) is 6.54 Å². The van der Waals surface area contributed by atoms with Crippen molar-refractivity contribution >= 4 is 17.4 Å². The predicted octanol–water partition coefficient (Wildman–Crippen LogP) is 1.04. The van der Waals surface area contributed by atoms with Crippen LogP contribution in [-0.2, 0) is 0 Å². The Bertz CT molecular complexity index is 288. The van der Waals surface area contributed by atoms with Gasteiger partial charge in [-0.05, 0) is 6.07 Å². The molecule has 0 atom stereocenters. The zero-order valence-corrected chi connectivity index (χ0v) is 7.66. The van der Waals surface area contributed by atoms with Crippen molar-refractivity contribution in [3.05, 3.63) is 28.4 Å². The molecule has 13 heavy (non-hydrogen) atoms. The van der Waals surface area contributed by atoms with Crippen molar-refractivity contribution in [1.82, 2.24) is 4.98 Å². The second kappa shape index (κ2) is 4.78. The minimum absolute atomic E-state index is 0.0112. The molecule has 6 heteroatoms. The van der Waals surface area contributed by atoms with E-state index in [1.165, 1.54) is 24.0 Å². The molecule has 1 aromatic heterocycles. The van der Waals surface area contributed by atoms with E-state index in [1.807, 2.05) is 0 Å². The van der Waals surface area contributed by atoms with Gasteiger partial charge in [0.1, 0.15) is 6.20 Å². The summed E-state index contributed by atoms with van der Waals surface area (Å²) in [6.45, 7) is 0.573. The molecular formula is C7H9N3O2S. The smallest absolute Gasteiger partial charge is 0.287 e.